The zero-order valence-electron chi connectivity index (χ0n) is 16.0. The number of carbonyl (C=O) groups is 2. The maximum absolute atomic E-state index is 12.6. The number of benzene rings is 1. The number of carbonyl (C=O) groups excluding carboxylic acids is 2. The minimum absolute atomic E-state index is 0.0474. The monoisotopic (exact) mass is 370 g/mol. The molecular formula is C19H26N6O2. The molecule has 27 heavy (non-hydrogen) atoms. The van der Waals surface area contributed by atoms with E-state index in [9.17, 15) is 9.59 Å². The molecule has 1 saturated heterocycles. The molecule has 1 atom stereocenters. The summed E-state index contributed by atoms with van der Waals surface area (Å²) in [6.07, 6.45) is 3.69. The first kappa shape index (κ1) is 19.1. The van der Waals surface area contributed by atoms with Crippen molar-refractivity contribution in [2.45, 2.75) is 6.04 Å². The van der Waals surface area contributed by atoms with Gasteiger partial charge < -0.3 is 20.1 Å². The van der Waals surface area contributed by atoms with Gasteiger partial charge in [-0.3, -0.25) is 14.5 Å². The van der Waals surface area contributed by atoms with Crippen molar-refractivity contribution in [2.24, 2.45) is 7.05 Å². The number of anilines is 1. The number of nitrogens with zero attached hydrogens (tertiary/aromatic N) is 4. The summed E-state index contributed by atoms with van der Waals surface area (Å²) in [7, 11) is 5.37. The zero-order chi connectivity index (χ0) is 19.4. The van der Waals surface area contributed by atoms with Crippen molar-refractivity contribution in [1.29, 1.82) is 0 Å². The van der Waals surface area contributed by atoms with Gasteiger partial charge in [0.2, 0.25) is 5.91 Å². The summed E-state index contributed by atoms with van der Waals surface area (Å²) < 4.78 is 1.99. The molecule has 0 saturated carbocycles. The number of aromatic nitrogens is 2. The summed E-state index contributed by atoms with van der Waals surface area (Å²) in [6, 6.07) is 7.05. The highest BCUT2D eigenvalue weighted by molar-refractivity contribution is 5.97. The van der Waals surface area contributed by atoms with Gasteiger partial charge in [-0.25, -0.2) is 4.98 Å². The van der Waals surface area contributed by atoms with Gasteiger partial charge in [0, 0.05) is 64.4 Å². The minimum atomic E-state index is -0.106. The predicted octanol–water partition coefficient (Wildman–Crippen LogP) is 0.707. The quantitative estimate of drug-likeness (QED) is 0.810. The lowest BCUT2D eigenvalue weighted by molar-refractivity contribution is -0.118. The number of nitrogens with one attached hydrogen (secondary N) is 2. The van der Waals surface area contributed by atoms with Gasteiger partial charge in [0.05, 0.1) is 12.6 Å². The Bertz CT molecular complexity index is 816. The van der Waals surface area contributed by atoms with Crippen LogP contribution in [0.4, 0.5) is 5.69 Å². The van der Waals surface area contributed by atoms with Crippen molar-refractivity contribution in [1.82, 2.24) is 24.7 Å². The summed E-state index contributed by atoms with van der Waals surface area (Å²) in [5.41, 5.74) is 1.17. The molecule has 8 nitrogen and oxygen atoms in total. The lowest BCUT2D eigenvalue weighted by Crippen LogP contribution is -2.49. The van der Waals surface area contributed by atoms with E-state index in [1.807, 2.05) is 17.8 Å². The van der Waals surface area contributed by atoms with Crippen LogP contribution in [-0.4, -0.2) is 71.4 Å². The van der Waals surface area contributed by atoms with Gasteiger partial charge >= 0.3 is 0 Å². The molecule has 0 bridgehead atoms. The van der Waals surface area contributed by atoms with Gasteiger partial charge in [-0.15, -0.1) is 0 Å². The number of amides is 2. The third-order valence-electron chi connectivity index (χ3n) is 4.66. The largest absolute Gasteiger partial charge is 0.345 e. The number of hydrogen-bond acceptors (Lipinski definition) is 5. The van der Waals surface area contributed by atoms with Crippen molar-refractivity contribution in [3.05, 3.63) is 48.0 Å². The normalized spacial score (nSPS) is 17.5. The van der Waals surface area contributed by atoms with Crippen LogP contribution in [0.2, 0.25) is 0 Å². The average Bonchev–Trinajstić information content (AvgIpc) is 3.07. The molecule has 2 amide bonds. The molecule has 1 aromatic heterocycles. The second-order valence-corrected chi connectivity index (χ2v) is 6.92. The summed E-state index contributed by atoms with van der Waals surface area (Å²) in [5.74, 6) is 0.738. The second kappa shape index (κ2) is 8.32. The fourth-order valence-corrected chi connectivity index (χ4v) is 3.26. The summed E-state index contributed by atoms with van der Waals surface area (Å²) in [5, 5.41) is 6.27. The van der Waals surface area contributed by atoms with Crippen LogP contribution < -0.4 is 10.6 Å². The van der Waals surface area contributed by atoms with Gasteiger partial charge in [-0.2, -0.15) is 0 Å². The van der Waals surface area contributed by atoms with Crippen molar-refractivity contribution in [3.8, 4) is 0 Å². The number of piperazine rings is 1. The Kier molecular flexibility index (Phi) is 5.88. The minimum Gasteiger partial charge on any atom is -0.345 e. The molecule has 0 spiro atoms. The highest BCUT2D eigenvalue weighted by Gasteiger charge is 2.28. The van der Waals surface area contributed by atoms with E-state index in [0.717, 1.165) is 25.5 Å². The fraction of sp³-hybridized carbons (Fsp3) is 0.421. The molecule has 2 aromatic rings. The van der Waals surface area contributed by atoms with Crippen LogP contribution in [0.15, 0.2) is 36.7 Å². The SMILES string of the molecule is CN(C)C(=O)c1cccc(NC(=O)CN2CCNCC2c2nccn2C)c1. The molecule has 1 aromatic carbocycles. The van der Waals surface area contributed by atoms with Gasteiger partial charge in [0.15, 0.2) is 0 Å². The molecule has 3 rings (SSSR count). The van der Waals surface area contributed by atoms with Crippen molar-refractivity contribution >= 4 is 17.5 Å². The van der Waals surface area contributed by atoms with E-state index in [0.29, 0.717) is 11.3 Å². The van der Waals surface area contributed by atoms with E-state index in [4.69, 9.17) is 0 Å². The molecule has 1 aliphatic heterocycles. The Labute approximate surface area is 159 Å². The lowest BCUT2D eigenvalue weighted by atomic mass is 10.1. The molecule has 1 fully saturated rings. The first-order valence-electron chi connectivity index (χ1n) is 8.99. The van der Waals surface area contributed by atoms with E-state index < -0.39 is 0 Å². The fourth-order valence-electron chi connectivity index (χ4n) is 3.26. The molecule has 144 valence electrons. The number of hydrogen-bond donors (Lipinski definition) is 2. The van der Waals surface area contributed by atoms with Crippen molar-refractivity contribution < 1.29 is 9.59 Å². The maximum Gasteiger partial charge on any atom is 0.253 e. The molecule has 1 unspecified atom stereocenters. The standard InChI is InChI=1S/C19H26N6O2/c1-23(2)19(27)14-5-4-6-15(11-14)22-17(26)13-25-10-7-20-12-16(25)18-21-8-9-24(18)3/h4-6,8-9,11,16,20H,7,10,12-13H2,1-3H3,(H,22,26). The Morgan fingerprint density at radius 3 is 2.89 bits per heavy atom. The third kappa shape index (κ3) is 4.53. The molecular weight excluding hydrogens is 344 g/mol. The average molecular weight is 370 g/mol. The molecule has 1 aliphatic rings. The van der Waals surface area contributed by atoms with Gasteiger partial charge in [-0.1, -0.05) is 6.07 Å². The molecule has 2 heterocycles. The highest BCUT2D eigenvalue weighted by atomic mass is 16.2. The topological polar surface area (TPSA) is 82.5 Å². The Balaban J connectivity index is 1.67. The number of imidazole rings is 1. The van der Waals surface area contributed by atoms with E-state index in [1.165, 1.54) is 4.90 Å². The van der Waals surface area contributed by atoms with E-state index in [-0.39, 0.29) is 24.4 Å². The van der Waals surface area contributed by atoms with Gasteiger partial charge in [0.1, 0.15) is 5.82 Å². The number of rotatable bonds is 5. The first-order valence-corrected chi connectivity index (χ1v) is 8.99. The first-order chi connectivity index (χ1) is 13.0. The molecule has 0 aliphatic carbocycles. The lowest BCUT2D eigenvalue weighted by Gasteiger charge is -2.35. The Morgan fingerprint density at radius 2 is 2.19 bits per heavy atom. The summed E-state index contributed by atoms with van der Waals surface area (Å²) >= 11 is 0. The van der Waals surface area contributed by atoms with Crippen LogP contribution in [0.3, 0.4) is 0 Å². The smallest absolute Gasteiger partial charge is 0.253 e. The number of aryl methyl sites for hydroxylation is 1. The maximum atomic E-state index is 12.6. The van der Waals surface area contributed by atoms with Crippen molar-refractivity contribution in [2.75, 3.05) is 45.6 Å². The van der Waals surface area contributed by atoms with Crippen LogP contribution >= 0.6 is 0 Å². The molecule has 0 radical (unpaired) electrons. The van der Waals surface area contributed by atoms with Crippen LogP contribution in [-0.2, 0) is 11.8 Å². The van der Waals surface area contributed by atoms with Crippen LogP contribution in [0.5, 0.6) is 0 Å². The molecule has 2 N–H and O–H groups in total. The predicted molar refractivity (Wildman–Crippen MR) is 103 cm³/mol. The highest BCUT2D eigenvalue weighted by Crippen LogP contribution is 2.20. The Morgan fingerprint density at radius 1 is 1.37 bits per heavy atom. The summed E-state index contributed by atoms with van der Waals surface area (Å²) in [6.45, 7) is 2.63. The van der Waals surface area contributed by atoms with Crippen molar-refractivity contribution in [3.63, 3.8) is 0 Å². The van der Waals surface area contributed by atoms with Gasteiger partial charge in [0.25, 0.3) is 5.91 Å². The third-order valence-corrected chi connectivity index (χ3v) is 4.66. The van der Waals surface area contributed by atoms with E-state index in [2.05, 4.69) is 20.5 Å². The van der Waals surface area contributed by atoms with E-state index in [1.54, 1.807) is 44.6 Å². The van der Waals surface area contributed by atoms with Crippen LogP contribution in [0.25, 0.3) is 0 Å². The summed E-state index contributed by atoms with van der Waals surface area (Å²) in [4.78, 5) is 32.8. The van der Waals surface area contributed by atoms with Crippen LogP contribution in [0, 0.1) is 0 Å². The van der Waals surface area contributed by atoms with Gasteiger partial charge in [-0.05, 0) is 18.2 Å². The van der Waals surface area contributed by atoms with E-state index >= 15 is 0 Å². The zero-order valence-corrected chi connectivity index (χ0v) is 16.0. The Hall–Kier alpha value is -2.71. The van der Waals surface area contributed by atoms with Crippen LogP contribution in [0.1, 0.15) is 22.2 Å². The second-order valence-electron chi connectivity index (χ2n) is 6.92. The molecule has 8 heteroatoms.